The van der Waals surface area contributed by atoms with Crippen molar-refractivity contribution < 1.29 is 27.5 Å². The number of hydrogen-bond donors (Lipinski definition) is 1. The maximum absolute atomic E-state index is 13.1. The largest absolute Gasteiger partial charge is 0.449 e. The molecule has 1 saturated heterocycles. The summed E-state index contributed by atoms with van der Waals surface area (Å²) in [6.45, 7) is 4.26. The molecule has 1 unspecified atom stereocenters. The maximum Gasteiger partial charge on any atom is 0.341 e. The van der Waals surface area contributed by atoms with Crippen LogP contribution in [0.4, 0.5) is 5.69 Å². The Hall–Kier alpha value is -2.17. The second-order valence-electron chi connectivity index (χ2n) is 8.86. The zero-order valence-electron chi connectivity index (χ0n) is 19.7. The summed E-state index contributed by atoms with van der Waals surface area (Å²) in [6, 6.07) is 4.43. The highest BCUT2D eigenvalue weighted by Gasteiger charge is 2.27. The van der Waals surface area contributed by atoms with Crippen LogP contribution in [-0.2, 0) is 24.3 Å². The van der Waals surface area contributed by atoms with Crippen LogP contribution in [0.25, 0.3) is 0 Å². The first-order valence-corrected chi connectivity index (χ1v) is 13.0. The molecule has 0 spiro atoms. The second-order valence-corrected chi connectivity index (χ2v) is 11.0. The van der Waals surface area contributed by atoms with Crippen molar-refractivity contribution in [3.05, 3.63) is 23.8 Å². The fourth-order valence-corrected chi connectivity index (χ4v) is 5.12. The van der Waals surface area contributed by atoms with Crippen molar-refractivity contribution in [2.24, 2.45) is 5.92 Å². The molecule has 9 nitrogen and oxygen atoms in total. The molecule has 1 aromatic carbocycles. The molecule has 1 N–H and O–H groups in total. The van der Waals surface area contributed by atoms with E-state index < -0.39 is 22.1 Å². The Bertz CT molecular complexity index is 938. The highest BCUT2D eigenvalue weighted by atomic mass is 32.2. The van der Waals surface area contributed by atoms with E-state index in [2.05, 4.69) is 5.32 Å². The fourth-order valence-electron chi connectivity index (χ4n) is 4.19. The minimum atomic E-state index is -3.74. The van der Waals surface area contributed by atoms with Crippen LogP contribution in [0, 0.1) is 5.92 Å². The highest BCUT2D eigenvalue weighted by Crippen LogP contribution is 2.27. The second kappa shape index (κ2) is 11.3. The molecule has 2 fully saturated rings. The molecule has 0 bridgehead atoms. The van der Waals surface area contributed by atoms with E-state index in [1.807, 2.05) is 4.90 Å². The molecule has 33 heavy (non-hydrogen) atoms. The highest BCUT2D eigenvalue weighted by molar-refractivity contribution is 7.89. The Labute approximate surface area is 196 Å². The van der Waals surface area contributed by atoms with Gasteiger partial charge >= 0.3 is 5.97 Å². The number of esters is 1. The van der Waals surface area contributed by atoms with E-state index in [-0.39, 0.29) is 16.4 Å². The first kappa shape index (κ1) is 25.5. The summed E-state index contributed by atoms with van der Waals surface area (Å²) in [5.41, 5.74) is 0.683. The molecule has 1 aliphatic heterocycles. The lowest BCUT2D eigenvalue weighted by atomic mass is 9.89. The molecule has 1 atom stereocenters. The number of carbonyl (C=O) groups excluding carboxylic acids is 2. The van der Waals surface area contributed by atoms with Crippen LogP contribution in [0.5, 0.6) is 0 Å². The number of nitrogens with one attached hydrogen (secondary N) is 1. The predicted molar refractivity (Wildman–Crippen MR) is 125 cm³/mol. The van der Waals surface area contributed by atoms with Gasteiger partial charge in [-0.2, -0.15) is 0 Å². The van der Waals surface area contributed by atoms with Crippen LogP contribution in [0.15, 0.2) is 23.1 Å². The zero-order chi connectivity index (χ0) is 24.0. The molecule has 1 amide bonds. The maximum atomic E-state index is 13.1. The monoisotopic (exact) mass is 481 g/mol. The van der Waals surface area contributed by atoms with Crippen molar-refractivity contribution in [3.8, 4) is 0 Å². The van der Waals surface area contributed by atoms with E-state index in [1.165, 1.54) is 52.4 Å². The van der Waals surface area contributed by atoms with Gasteiger partial charge in [0, 0.05) is 33.7 Å². The van der Waals surface area contributed by atoms with E-state index in [0.29, 0.717) is 44.5 Å². The molecule has 2 aliphatic rings. The van der Waals surface area contributed by atoms with Gasteiger partial charge in [-0.15, -0.1) is 0 Å². The summed E-state index contributed by atoms with van der Waals surface area (Å²) < 4.78 is 37.2. The number of hydrogen-bond acceptors (Lipinski definition) is 7. The molecular weight excluding hydrogens is 446 g/mol. The van der Waals surface area contributed by atoms with Crippen LogP contribution in [-0.4, -0.2) is 77.6 Å². The Morgan fingerprint density at radius 2 is 1.85 bits per heavy atom. The number of ether oxygens (including phenoxy) is 2. The van der Waals surface area contributed by atoms with Gasteiger partial charge in [-0.1, -0.05) is 19.3 Å². The van der Waals surface area contributed by atoms with Gasteiger partial charge in [-0.25, -0.2) is 17.5 Å². The number of carbonyl (C=O) groups is 2. The van der Waals surface area contributed by atoms with Crippen molar-refractivity contribution in [1.82, 2.24) is 9.62 Å². The van der Waals surface area contributed by atoms with Crippen molar-refractivity contribution in [1.29, 1.82) is 0 Å². The number of amides is 1. The smallest absolute Gasteiger partial charge is 0.341 e. The molecule has 0 aromatic heterocycles. The van der Waals surface area contributed by atoms with Gasteiger partial charge in [0.25, 0.3) is 5.91 Å². The first-order chi connectivity index (χ1) is 15.7. The van der Waals surface area contributed by atoms with Crippen molar-refractivity contribution in [2.75, 3.05) is 51.8 Å². The third-order valence-corrected chi connectivity index (χ3v) is 8.07. The van der Waals surface area contributed by atoms with Gasteiger partial charge in [0.05, 0.1) is 29.4 Å². The third kappa shape index (κ3) is 6.45. The van der Waals surface area contributed by atoms with E-state index in [9.17, 15) is 18.0 Å². The minimum Gasteiger partial charge on any atom is -0.449 e. The Morgan fingerprint density at radius 1 is 1.18 bits per heavy atom. The van der Waals surface area contributed by atoms with Crippen LogP contribution < -0.4 is 10.2 Å². The summed E-state index contributed by atoms with van der Waals surface area (Å²) in [5, 5.41) is 2.89. The Kier molecular flexibility index (Phi) is 8.72. The average Bonchev–Trinajstić information content (AvgIpc) is 2.83. The number of nitrogens with zero attached hydrogens (tertiary/aromatic N) is 2. The van der Waals surface area contributed by atoms with Gasteiger partial charge in [0.1, 0.15) is 0 Å². The van der Waals surface area contributed by atoms with Crippen LogP contribution in [0.1, 0.15) is 49.4 Å². The topological polar surface area (TPSA) is 105 Å². The quantitative estimate of drug-likeness (QED) is 0.566. The van der Waals surface area contributed by atoms with Crippen LogP contribution >= 0.6 is 0 Å². The molecule has 0 radical (unpaired) electrons. The molecular formula is C23H35N3O6S. The van der Waals surface area contributed by atoms with Gasteiger partial charge in [-0.05, 0) is 43.9 Å². The molecule has 1 aliphatic carbocycles. The van der Waals surface area contributed by atoms with Gasteiger partial charge in [0.2, 0.25) is 10.0 Å². The first-order valence-electron chi connectivity index (χ1n) is 11.6. The molecule has 1 heterocycles. The standard InChI is InChI=1S/C23H35N3O6S/c1-17(22(27)24-16-18-7-5-4-6-8-18)32-23(28)20-15-19(33(29,30)25(2)3)9-10-21(20)26-11-13-31-14-12-26/h9-10,15,17-18H,4-8,11-14,16H2,1-3H3,(H,24,27). The number of benzene rings is 1. The van der Waals surface area contributed by atoms with E-state index in [1.54, 1.807) is 6.07 Å². The minimum absolute atomic E-state index is 0.00846. The number of rotatable bonds is 8. The summed E-state index contributed by atoms with van der Waals surface area (Å²) in [4.78, 5) is 27.6. The molecule has 1 aromatic rings. The molecule has 3 rings (SSSR count). The third-order valence-electron chi connectivity index (χ3n) is 6.26. The zero-order valence-corrected chi connectivity index (χ0v) is 20.5. The number of morpholine rings is 1. The Balaban J connectivity index is 1.76. The normalized spacial score (nSPS) is 18.7. The van der Waals surface area contributed by atoms with Crippen LogP contribution in [0.3, 0.4) is 0 Å². The fraction of sp³-hybridized carbons (Fsp3) is 0.652. The Morgan fingerprint density at radius 3 is 2.48 bits per heavy atom. The number of sulfonamides is 1. The summed E-state index contributed by atoms with van der Waals surface area (Å²) in [5.74, 6) is -0.613. The van der Waals surface area contributed by atoms with Gasteiger partial charge < -0.3 is 19.7 Å². The average molecular weight is 482 g/mol. The van der Waals surface area contributed by atoms with Crippen molar-refractivity contribution in [3.63, 3.8) is 0 Å². The SMILES string of the molecule is CC(OC(=O)c1cc(S(=O)(=O)N(C)C)ccc1N1CCOCC1)C(=O)NCC1CCCCC1. The molecule has 10 heteroatoms. The van der Waals surface area contributed by atoms with Crippen molar-refractivity contribution >= 4 is 27.6 Å². The lowest BCUT2D eigenvalue weighted by Gasteiger charge is -2.30. The lowest BCUT2D eigenvalue weighted by molar-refractivity contribution is -0.129. The predicted octanol–water partition coefficient (Wildman–Crippen LogP) is 2.02. The van der Waals surface area contributed by atoms with Crippen molar-refractivity contribution in [2.45, 2.75) is 50.0 Å². The van der Waals surface area contributed by atoms with E-state index >= 15 is 0 Å². The summed E-state index contributed by atoms with van der Waals surface area (Å²) >= 11 is 0. The van der Waals surface area contributed by atoms with E-state index in [4.69, 9.17) is 9.47 Å². The molecule has 184 valence electrons. The number of anilines is 1. The van der Waals surface area contributed by atoms with E-state index in [0.717, 1.165) is 17.1 Å². The van der Waals surface area contributed by atoms with Crippen LogP contribution in [0.2, 0.25) is 0 Å². The summed E-state index contributed by atoms with van der Waals surface area (Å²) in [7, 11) is -0.878. The molecule has 1 saturated carbocycles. The van der Waals surface area contributed by atoms with Gasteiger partial charge in [-0.3, -0.25) is 4.79 Å². The summed E-state index contributed by atoms with van der Waals surface area (Å²) in [6.07, 6.45) is 4.82. The van der Waals surface area contributed by atoms with Gasteiger partial charge in [0.15, 0.2) is 6.10 Å². The lowest BCUT2D eigenvalue weighted by Crippen LogP contribution is -2.39.